The number of aromatic nitrogens is 2. The first-order chi connectivity index (χ1) is 13.5. The Bertz CT molecular complexity index is 996. The van der Waals surface area contributed by atoms with Gasteiger partial charge in [-0.2, -0.15) is 8.78 Å². The number of nitrogens with zero attached hydrogens (tertiary/aromatic N) is 3. The topological polar surface area (TPSA) is 63.5 Å². The fourth-order valence-corrected chi connectivity index (χ4v) is 3.01. The minimum atomic E-state index is -2.91. The Kier molecular flexibility index (Phi) is 8.45. The standard InChI is InChI=1S/C19H20ClF2N5O.HI/c1-23-19(24-10-12-9-13(20)7-8-16(12)28-18(21)22)25-11-17-26-14-5-3-4-6-15(14)27(17)2;/h3-9,18H,10-11H2,1-2H3,(H2,23,24,25);1H. The molecule has 0 radical (unpaired) electrons. The molecule has 0 amide bonds. The van der Waals surface area contributed by atoms with Crippen molar-refractivity contribution in [1.29, 1.82) is 0 Å². The van der Waals surface area contributed by atoms with Crippen molar-refractivity contribution >= 4 is 52.6 Å². The molecule has 0 fully saturated rings. The van der Waals surface area contributed by atoms with Crippen LogP contribution in [-0.2, 0) is 20.1 Å². The van der Waals surface area contributed by atoms with Gasteiger partial charge in [0.25, 0.3) is 0 Å². The Morgan fingerprint density at radius 2 is 1.93 bits per heavy atom. The number of guanidine groups is 1. The van der Waals surface area contributed by atoms with Crippen molar-refractivity contribution in [3.05, 3.63) is 58.9 Å². The van der Waals surface area contributed by atoms with Gasteiger partial charge >= 0.3 is 6.61 Å². The number of para-hydroxylation sites is 2. The van der Waals surface area contributed by atoms with Gasteiger partial charge in [-0.3, -0.25) is 4.99 Å². The van der Waals surface area contributed by atoms with Gasteiger partial charge in [-0.05, 0) is 30.3 Å². The maximum atomic E-state index is 12.6. The SMILES string of the molecule is CN=C(NCc1cc(Cl)ccc1OC(F)F)NCc1nc2ccccc2n1C.I. The second-order valence-electron chi connectivity index (χ2n) is 5.99. The van der Waals surface area contributed by atoms with Crippen LogP contribution in [0.15, 0.2) is 47.5 Å². The predicted molar refractivity (Wildman–Crippen MR) is 121 cm³/mol. The number of aliphatic imine (C=N–C) groups is 1. The van der Waals surface area contributed by atoms with Gasteiger partial charge < -0.3 is 19.9 Å². The van der Waals surface area contributed by atoms with Crippen molar-refractivity contribution in [2.75, 3.05) is 7.05 Å². The smallest absolute Gasteiger partial charge is 0.387 e. The van der Waals surface area contributed by atoms with Crippen LogP contribution >= 0.6 is 35.6 Å². The van der Waals surface area contributed by atoms with E-state index in [1.807, 2.05) is 35.9 Å². The maximum Gasteiger partial charge on any atom is 0.387 e. The van der Waals surface area contributed by atoms with Crippen molar-refractivity contribution in [1.82, 2.24) is 20.2 Å². The van der Waals surface area contributed by atoms with Gasteiger partial charge in [0.2, 0.25) is 0 Å². The molecule has 0 atom stereocenters. The highest BCUT2D eigenvalue weighted by Gasteiger charge is 2.12. The van der Waals surface area contributed by atoms with Crippen LogP contribution < -0.4 is 15.4 Å². The summed E-state index contributed by atoms with van der Waals surface area (Å²) in [5, 5.41) is 6.67. The van der Waals surface area contributed by atoms with Crippen molar-refractivity contribution in [3.63, 3.8) is 0 Å². The van der Waals surface area contributed by atoms with Crippen molar-refractivity contribution in [3.8, 4) is 5.75 Å². The lowest BCUT2D eigenvalue weighted by molar-refractivity contribution is -0.0504. The van der Waals surface area contributed by atoms with Crippen LogP contribution in [0.1, 0.15) is 11.4 Å². The van der Waals surface area contributed by atoms with Crippen LogP contribution in [0.3, 0.4) is 0 Å². The lowest BCUT2D eigenvalue weighted by Gasteiger charge is -2.15. The molecular weight excluding hydrogens is 515 g/mol. The number of alkyl halides is 2. The van der Waals surface area contributed by atoms with E-state index in [1.165, 1.54) is 12.1 Å². The monoisotopic (exact) mass is 535 g/mol. The molecule has 0 saturated heterocycles. The summed E-state index contributed by atoms with van der Waals surface area (Å²) in [7, 11) is 3.57. The van der Waals surface area contributed by atoms with E-state index in [2.05, 4.69) is 25.3 Å². The second-order valence-corrected chi connectivity index (χ2v) is 6.42. The number of hydrogen-bond donors (Lipinski definition) is 2. The van der Waals surface area contributed by atoms with Crippen LogP contribution in [0.4, 0.5) is 8.78 Å². The van der Waals surface area contributed by atoms with E-state index in [-0.39, 0.29) is 36.3 Å². The fourth-order valence-electron chi connectivity index (χ4n) is 2.81. The zero-order valence-electron chi connectivity index (χ0n) is 15.8. The lowest BCUT2D eigenvalue weighted by Crippen LogP contribution is -2.37. The number of nitrogens with one attached hydrogen (secondary N) is 2. The molecule has 6 nitrogen and oxygen atoms in total. The first-order valence-electron chi connectivity index (χ1n) is 8.56. The Morgan fingerprint density at radius 3 is 2.62 bits per heavy atom. The highest BCUT2D eigenvalue weighted by Crippen LogP contribution is 2.24. The molecule has 1 aromatic heterocycles. The van der Waals surface area contributed by atoms with Gasteiger partial charge in [-0.1, -0.05) is 23.7 Å². The van der Waals surface area contributed by atoms with Crippen LogP contribution in [0.25, 0.3) is 11.0 Å². The summed E-state index contributed by atoms with van der Waals surface area (Å²) in [6, 6.07) is 12.4. The molecule has 2 N–H and O–H groups in total. The van der Waals surface area contributed by atoms with Crippen LogP contribution in [0.2, 0.25) is 5.02 Å². The molecule has 0 aliphatic carbocycles. The summed E-state index contributed by atoms with van der Waals surface area (Å²) < 4.78 is 31.7. The Labute approximate surface area is 189 Å². The molecule has 29 heavy (non-hydrogen) atoms. The Morgan fingerprint density at radius 1 is 1.21 bits per heavy atom. The summed E-state index contributed by atoms with van der Waals surface area (Å²) in [6.45, 7) is -2.25. The summed E-state index contributed by atoms with van der Waals surface area (Å²) in [5.74, 6) is 1.40. The zero-order valence-corrected chi connectivity index (χ0v) is 18.9. The number of aryl methyl sites for hydroxylation is 1. The molecule has 0 aliphatic heterocycles. The van der Waals surface area contributed by atoms with E-state index in [4.69, 9.17) is 11.6 Å². The molecule has 0 spiro atoms. The maximum absolute atomic E-state index is 12.6. The summed E-state index contributed by atoms with van der Waals surface area (Å²) in [6.07, 6.45) is 0. The predicted octanol–water partition coefficient (Wildman–Crippen LogP) is 4.31. The van der Waals surface area contributed by atoms with Gasteiger partial charge in [-0.25, -0.2) is 4.98 Å². The third-order valence-corrected chi connectivity index (χ3v) is 4.44. The number of imidazole rings is 1. The average molecular weight is 536 g/mol. The van der Waals surface area contributed by atoms with Gasteiger partial charge in [0.05, 0.1) is 17.6 Å². The molecule has 3 aromatic rings. The van der Waals surface area contributed by atoms with Crippen LogP contribution in [0, 0.1) is 0 Å². The fraction of sp³-hybridized carbons (Fsp3) is 0.263. The highest BCUT2D eigenvalue weighted by molar-refractivity contribution is 14.0. The number of fused-ring (bicyclic) bond motifs is 1. The summed E-state index contributed by atoms with van der Waals surface area (Å²) >= 11 is 5.97. The quantitative estimate of drug-likeness (QED) is 0.281. The van der Waals surface area contributed by atoms with Gasteiger partial charge in [0, 0.05) is 31.2 Å². The van der Waals surface area contributed by atoms with E-state index < -0.39 is 6.61 Å². The Balaban J connectivity index is 0.00000300. The number of ether oxygens (including phenoxy) is 1. The molecule has 10 heteroatoms. The Hall–Kier alpha value is -2.14. The van der Waals surface area contributed by atoms with E-state index in [1.54, 1.807) is 13.1 Å². The van der Waals surface area contributed by atoms with Gasteiger partial charge in [0.1, 0.15) is 11.6 Å². The molecule has 0 bridgehead atoms. The molecule has 156 valence electrons. The molecule has 1 heterocycles. The van der Waals surface area contributed by atoms with Crippen molar-refractivity contribution in [2.45, 2.75) is 19.7 Å². The first kappa shape index (κ1) is 23.1. The van der Waals surface area contributed by atoms with Gasteiger partial charge in [-0.15, -0.1) is 24.0 Å². The third-order valence-electron chi connectivity index (χ3n) is 4.20. The highest BCUT2D eigenvalue weighted by atomic mass is 127. The van der Waals surface area contributed by atoms with Crippen molar-refractivity contribution in [2.24, 2.45) is 12.0 Å². The van der Waals surface area contributed by atoms with Crippen LogP contribution in [-0.4, -0.2) is 29.2 Å². The number of halogens is 4. The largest absolute Gasteiger partial charge is 0.434 e. The van der Waals surface area contributed by atoms with E-state index in [0.29, 0.717) is 23.1 Å². The van der Waals surface area contributed by atoms with Crippen LogP contribution in [0.5, 0.6) is 5.75 Å². The van der Waals surface area contributed by atoms with E-state index in [9.17, 15) is 8.78 Å². The average Bonchev–Trinajstić information content (AvgIpc) is 2.99. The first-order valence-corrected chi connectivity index (χ1v) is 8.94. The molecule has 3 rings (SSSR count). The zero-order chi connectivity index (χ0) is 20.1. The molecular formula is C19H21ClF2IN5O. The summed E-state index contributed by atoms with van der Waals surface area (Å²) in [4.78, 5) is 8.74. The minimum Gasteiger partial charge on any atom is -0.434 e. The molecule has 2 aromatic carbocycles. The number of benzene rings is 2. The lowest BCUT2D eigenvalue weighted by atomic mass is 10.2. The molecule has 0 saturated carbocycles. The van der Waals surface area contributed by atoms with E-state index >= 15 is 0 Å². The summed E-state index contributed by atoms with van der Waals surface area (Å²) in [5.41, 5.74) is 2.45. The number of hydrogen-bond acceptors (Lipinski definition) is 3. The van der Waals surface area contributed by atoms with E-state index in [0.717, 1.165) is 16.9 Å². The second kappa shape index (κ2) is 10.6. The number of rotatable bonds is 6. The third kappa shape index (κ3) is 5.92. The minimum absolute atomic E-state index is 0. The van der Waals surface area contributed by atoms with Crippen molar-refractivity contribution < 1.29 is 13.5 Å². The molecule has 0 unspecified atom stereocenters. The normalized spacial score (nSPS) is 11.4. The van der Waals surface area contributed by atoms with Gasteiger partial charge in [0.15, 0.2) is 5.96 Å². The molecule has 0 aliphatic rings.